The minimum atomic E-state index is -3.56. The number of carbonyl (C=O) groups is 2. The molecule has 30 heavy (non-hydrogen) atoms. The monoisotopic (exact) mass is 437 g/mol. The lowest BCUT2D eigenvalue weighted by Gasteiger charge is -2.42. The van der Waals surface area contributed by atoms with Gasteiger partial charge in [0, 0.05) is 43.7 Å². The molecule has 3 amide bonds. The zero-order chi connectivity index (χ0) is 22.0. The van der Waals surface area contributed by atoms with E-state index in [1.165, 1.54) is 11.1 Å². The molecule has 2 fully saturated rings. The van der Waals surface area contributed by atoms with E-state index < -0.39 is 15.4 Å². The first kappa shape index (κ1) is 20.8. The van der Waals surface area contributed by atoms with Gasteiger partial charge in [0.1, 0.15) is 11.4 Å². The molecule has 1 saturated carbocycles. The number of ether oxygens (including phenoxy) is 1. The smallest absolute Gasteiger partial charge is 0.410 e. The largest absolute Gasteiger partial charge is 0.444 e. The van der Waals surface area contributed by atoms with Crippen molar-refractivity contribution in [3.63, 3.8) is 0 Å². The summed E-state index contributed by atoms with van der Waals surface area (Å²) in [5.74, 6) is 0.503. The fourth-order valence-electron chi connectivity index (χ4n) is 4.61. The lowest BCUT2D eigenvalue weighted by Crippen LogP contribution is -2.55. The van der Waals surface area contributed by atoms with Crippen LogP contribution in [0.3, 0.4) is 0 Å². The maximum Gasteiger partial charge on any atom is 0.410 e. The molecule has 3 heterocycles. The summed E-state index contributed by atoms with van der Waals surface area (Å²) in [6.45, 7) is 6.42. The molecule has 3 unspecified atom stereocenters. The summed E-state index contributed by atoms with van der Waals surface area (Å²) < 4.78 is 29.0. The van der Waals surface area contributed by atoms with Crippen LogP contribution in [0.25, 0.3) is 0 Å². The van der Waals surface area contributed by atoms with Crippen molar-refractivity contribution in [2.75, 3.05) is 24.7 Å². The number of sulfone groups is 1. The molecule has 0 aromatic carbocycles. The number of rotatable bonds is 2. The first-order chi connectivity index (χ1) is 13.8. The Morgan fingerprint density at radius 2 is 1.97 bits per heavy atom. The summed E-state index contributed by atoms with van der Waals surface area (Å²) in [4.78, 5) is 38.6. The maximum atomic E-state index is 13.1. The Balaban J connectivity index is 1.51. The van der Waals surface area contributed by atoms with E-state index in [0.717, 1.165) is 12.7 Å². The van der Waals surface area contributed by atoms with E-state index in [1.54, 1.807) is 16.8 Å². The third-order valence-electron chi connectivity index (χ3n) is 5.88. The highest BCUT2D eigenvalue weighted by atomic mass is 32.2. The zero-order valence-corrected chi connectivity index (χ0v) is 18.6. The van der Waals surface area contributed by atoms with Crippen molar-refractivity contribution in [2.45, 2.75) is 63.0 Å². The van der Waals surface area contributed by atoms with Crippen molar-refractivity contribution in [1.29, 1.82) is 0 Å². The van der Waals surface area contributed by atoms with Gasteiger partial charge in [0.05, 0.1) is 6.54 Å². The summed E-state index contributed by atoms with van der Waals surface area (Å²) in [7, 11) is -1.97. The first-order valence-electron chi connectivity index (χ1n) is 9.95. The number of hydrogen-bond acceptors (Lipinski definition) is 7. The normalized spacial score (nSPS) is 26.2. The Morgan fingerprint density at radius 1 is 1.27 bits per heavy atom. The van der Waals surface area contributed by atoms with Crippen molar-refractivity contribution in [2.24, 2.45) is 5.92 Å². The number of likely N-dealkylation sites (tertiary alicyclic amines) is 1. The number of hydrogen-bond donors (Lipinski definition) is 0. The number of anilines is 1. The fourth-order valence-corrected chi connectivity index (χ4v) is 5.11. The number of fused-ring (bicyclic) bond motifs is 3. The Kier molecular flexibility index (Phi) is 4.72. The zero-order valence-electron chi connectivity index (χ0n) is 17.8. The topological polar surface area (TPSA) is 113 Å². The summed E-state index contributed by atoms with van der Waals surface area (Å²) in [6.07, 6.45) is 3.75. The van der Waals surface area contributed by atoms with Crippen molar-refractivity contribution < 1.29 is 22.7 Å². The van der Waals surface area contributed by atoms with Crippen LogP contribution in [0.5, 0.6) is 0 Å². The lowest BCUT2D eigenvalue weighted by atomic mass is 10.00. The molecule has 10 nitrogen and oxygen atoms in total. The number of nitrogens with zero attached hydrogens (tertiary/aromatic N) is 5. The van der Waals surface area contributed by atoms with E-state index in [2.05, 4.69) is 9.97 Å². The molecule has 4 rings (SSSR count). The van der Waals surface area contributed by atoms with E-state index in [-0.39, 0.29) is 35.3 Å². The van der Waals surface area contributed by atoms with Gasteiger partial charge >= 0.3 is 12.1 Å². The molecule has 2 aliphatic heterocycles. The number of piperidine rings is 1. The molecule has 3 aliphatic rings. The van der Waals surface area contributed by atoms with E-state index in [1.807, 2.05) is 20.8 Å². The molecule has 11 heteroatoms. The highest BCUT2D eigenvalue weighted by molar-refractivity contribution is 7.90. The van der Waals surface area contributed by atoms with Gasteiger partial charge in [0.15, 0.2) is 0 Å². The minimum absolute atomic E-state index is 0.00590. The molecule has 0 spiro atoms. The molecular formula is C19H27N5O5S. The summed E-state index contributed by atoms with van der Waals surface area (Å²) in [6, 6.07) is -0.161. The molecule has 0 radical (unpaired) electrons. The van der Waals surface area contributed by atoms with Crippen molar-refractivity contribution in [3.8, 4) is 0 Å². The molecule has 2 bridgehead atoms. The quantitative estimate of drug-likeness (QED) is 0.647. The van der Waals surface area contributed by atoms with Crippen LogP contribution in [0.1, 0.15) is 39.2 Å². The number of amides is 3. The average Bonchev–Trinajstić information content (AvgIpc) is 3.23. The summed E-state index contributed by atoms with van der Waals surface area (Å²) in [5, 5.41) is -0.290. The van der Waals surface area contributed by atoms with Gasteiger partial charge < -0.3 is 14.5 Å². The predicted octanol–water partition coefficient (Wildman–Crippen LogP) is 1.65. The van der Waals surface area contributed by atoms with Crippen LogP contribution >= 0.6 is 0 Å². The van der Waals surface area contributed by atoms with Crippen molar-refractivity contribution in [1.82, 2.24) is 19.8 Å². The van der Waals surface area contributed by atoms with Crippen LogP contribution in [-0.2, 0) is 21.1 Å². The van der Waals surface area contributed by atoms with Gasteiger partial charge in [-0.25, -0.2) is 28.0 Å². The van der Waals surface area contributed by atoms with Crippen LogP contribution in [0.15, 0.2) is 11.4 Å². The Bertz CT molecular complexity index is 1010. The molecule has 1 saturated heterocycles. The lowest BCUT2D eigenvalue weighted by molar-refractivity contribution is 0.0140. The van der Waals surface area contributed by atoms with Gasteiger partial charge in [0.25, 0.3) is 0 Å². The first-order valence-corrected chi connectivity index (χ1v) is 11.8. The molecule has 3 atom stereocenters. The van der Waals surface area contributed by atoms with Crippen LogP contribution in [-0.4, -0.2) is 77.8 Å². The SMILES string of the molecule is CN1C(=O)N(C2CC3CC2CN3C(=O)OC(C)(C)C)Cc2cnc(S(C)(=O)=O)nc21. The van der Waals surface area contributed by atoms with Crippen LogP contribution < -0.4 is 4.90 Å². The van der Waals surface area contributed by atoms with Gasteiger partial charge in [-0.2, -0.15) is 0 Å². The second-order valence-electron chi connectivity index (χ2n) is 9.33. The van der Waals surface area contributed by atoms with Crippen molar-refractivity contribution >= 4 is 27.8 Å². The van der Waals surface area contributed by atoms with Gasteiger partial charge in [-0.3, -0.25) is 4.90 Å². The standard InChI is InChI=1S/C19H27N5O5S/c1-19(2,3)29-18(26)23-9-11-6-13(23)7-14(11)24-10-12-8-20-16(30(5,27)28)21-15(12)22(4)17(24)25/h8,11,13-14H,6-7,9-10H2,1-5H3. The Labute approximate surface area is 176 Å². The highest BCUT2D eigenvalue weighted by Crippen LogP contribution is 2.43. The van der Waals surface area contributed by atoms with Crippen molar-refractivity contribution in [3.05, 3.63) is 11.8 Å². The van der Waals surface area contributed by atoms with Gasteiger partial charge in [-0.05, 0) is 39.5 Å². The molecule has 164 valence electrons. The maximum absolute atomic E-state index is 13.1. The predicted molar refractivity (Wildman–Crippen MR) is 108 cm³/mol. The van der Waals surface area contributed by atoms with Crippen LogP contribution in [0, 0.1) is 5.92 Å². The number of carbonyl (C=O) groups excluding carboxylic acids is 2. The van der Waals surface area contributed by atoms with E-state index in [9.17, 15) is 18.0 Å². The van der Waals surface area contributed by atoms with E-state index >= 15 is 0 Å². The molecular weight excluding hydrogens is 410 g/mol. The second-order valence-corrected chi connectivity index (χ2v) is 11.2. The highest BCUT2D eigenvalue weighted by Gasteiger charge is 2.51. The second kappa shape index (κ2) is 6.79. The molecule has 0 N–H and O–H groups in total. The van der Waals surface area contributed by atoms with Gasteiger partial charge in [-0.1, -0.05) is 0 Å². The van der Waals surface area contributed by atoms with Crippen LogP contribution in [0.4, 0.5) is 15.4 Å². The van der Waals surface area contributed by atoms with E-state index in [4.69, 9.17) is 4.74 Å². The number of urea groups is 1. The average molecular weight is 438 g/mol. The third-order valence-corrected chi connectivity index (χ3v) is 6.74. The Morgan fingerprint density at radius 3 is 2.53 bits per heavy atom. The van der Waals surface area contributed by atoms with E-state index in [0.29, 0.717) is 30.9 Å². The number of aromatic nitrogens is 2. The Hall–Kier alpha value is -2.43. The van der Waals surface area contributed by atoms with Crippen LogP contribution in [0.2, 0.25) is 0 Å². The minimum Gasteiger partial charge on any atom is -0.444 e. The van der Waals surface area contributed by atoms with Gasteiger partial charge in [0.2, 0.25) is 15.0 Å². The molecule has 1 aromatic rings. The summed E-state index contributed by atoms with van der Waals surface area (Å²) in [5.41, 5.74) is 0.162. The molecule has 1 aromatic heterocycles. The molecule has 1 aliphatic carbocycles. The fraction of sp³-hybridized carbons (Fsp3) is 0.684. The third kappa shape index (κ3) is 3.59. The van der Waals surface area contributed by atoms with Gasteiger partial charge in [-0.15, -0.1) is 0 Å². The summed E-state index contributed by atoms with van der Waals surface area (Å²) >= 11 is 0.